The van der Waals surface area contributed by atoms with Crippen molar-refractivity contribution in [2.45, 2.75) is 38.8 Å². The number of nitro benzene ring substituents is 1. The molecule has 0 radical (unpaired) electrons. The zero-order valence-corrected chi connectivity index (χ0v) is 13.7. The third kappa shape index (κ3) is 2.44. The second-order valence-corrected chi connectivity index (χ2v) is 7.32. The van der Waals surface area contributed by atoms with Gasteiger partial charge in [-0.05, 0) is 34.8 Å². The number of halogens is 1. The number of anilines is 1. The summed E-state index contributed by atoms with van der Waals surface area (Å²) in [5.41, 5.74) is 0.926. The maximum atomic E-state index is 10.9. The van der Waals surface area contributed by atoms with E-state index >= 15 is 0 Å². The smallest absolute Gasteiger partial charge is 0.271 e. The molecule has 0 bridgehead atoms. The van der Waals surface area contributed by atoms with Crippen LogP contribution in [0.4, 0.5) is 11.4 Å². The number of hydrogen-bond acceptors (Lipinski definition) is 4. The Bertz CT molecular complexity index is 576. The van der Waals surface area contributed by atoms with Crippen molar-refractivity contribution in [3.63, 3.8) is 0 Å². The molecule has 1 heterocycles. The maximum absolute atomic E-state index is 10.9. The van der Waals surface area contributed by atoms with Crippen molar-refractivity contribution < 1.29 is 9.66 Å². The number of nitrogens with one attached hydrogen (secondary N) is 1. The zero-order valence-electron chi connectivity index (χ0n) is 12.1. The number of ether oxygens (including phenoxy) is 1. The van der Waals surface area contributed by atoms with Crippen LogP contribution in [0.2, 0.25) is 0 Å². The lowest BCUT2D eigenvalue weighted by molar-refractivity contribution is -0.384. The second-order valence-electron chi connectivity index (χ2n) is 6.46. The zero-order chi connectivity index (χ0) is 15.2. The first-order valence-corrected chi connectivity index (χ1v) is 8.02. The van der Waals surface area contributed by atoms with E-state index in [2.05, 4.69) is 35.1 Å². The number of rotatable bonds is 3. The normalized spacial score (nSPS) is 30.1. The molecule has 1 aliphatic heterocycles. The van der Waals surface area contributed by atoms with Gasteiger partial charge in [-0.1, -0.05) is 13.8 Å². The lowest BCUT2D eigenvalue weighted by Crippen LogP contribution is -2.67. The summed E-state index contributed by atoms with van der Waals surface area (Å²) in [5, 5.41) is 14.4. The van der Waals surface area contributed by atoms with Gasteiger partial charge in [-0.15, -0.1) is 0 Å². The van der Waals surface area contributed by atoms with Crippen molar-refractivity contribution in [2.75, 3.05) is 11.9 Å². The van der Waals surface area contributed by atoms with Crippen molar-refractivity contribution >= 4 is 27.3 Å². The Morgan fingerprint density at radius 1 is 1.48 bits per heavy atom. The van der Waals surface area contributed by atoms with Crippen LogP contribution in [0.25, 0.3) is 0 Å². The lowest BCUT2D eigenvalue weighted by atomic mass is 9.55. The number of hydrogen-bond donors (Lipinski definition) is 1. The number of benzene rings is 1. The van der Waals surface area contributed by atoms with Gasteiger partial charge in [-0.2, -0.15) is 0 Å². The van der Waals surface area contributed by atoms with Crippen LogP contribution in [0, 0.1) is 21.4 Å². The van der Waals surface area contributed by atoms with Gasteiger partial charge in [0, 0.05) is 40.6 Å². The average Bonchev–Trinajstić information content (AvgIpc) is 2.46. The summed E-state index contributed by atoms with van der Waals surface area (Å²) >= 11 is 3.47. The molecule has 1 aliphatic carbocycles. The van der Waals surface area contributed by atoms with Gasteiger partial charge < -0.3 is 10.1 Å². The summed E-state index contributed by atoms with van der Waals surface area (Å²) in [5.74, 6) is 0.486. The third-order valence-corrected chi connectivity index (χ3v) is 5.49. The molecule has 5 nitrogen and oxygen atoms in total. The number of nitrogens with zero attached hydrogens (tertiary/aromatic N) is 1. The van der Waals surface area contributed by atoms with Crippen LogP contribution in [0.3, 0.4) is 0 Å². The molecular formula is C15H19BrN2O3. The molecule has 3 atom stereocenters. The van der Waals surface area contributed by atoms with E-state index in [1.165, 1.54) is 6.07 Å². The number of non-ortho nitro benzene ring substituents is 1. The molecule has 3 rings (SSSR count). The molecule has 0 amide bonds. The fourth-order valence-corrected chi connectivity index (χ4v) is 4.08. The largest absolute Gasteiger partial charge is 0.380 e. The van der Waals surface area contributed by atoms with Gasteiger partial charge in [0.15, 0.2) is 0 Å². The molecule has 6 heteroatoms. The minimum Gasteiger partial charge on any atom is -0.380 e. The van der Waals surface area contributed by atoms with Crippen LogP contribution in [0.1, 0.15) is 26.7 Å². The number of fused-ring (bicyclic) bond motifs is 1. The predicted octanol–water partition coefficient (Wildman–Crippen LogP) is 3.97. The van der Waals surface area contributed by atoms with Crippen LogP contribution < -0.4 is 5.32 Å². The van der Waals surface area contributed by atoms with E-state index in [0.29, 0.717) is 12.0 Å². The molecule has 1 aromatic carbocycles. The fourth-order valence-electron chi connectivity index (χ4n) is 3.72. The summed E-state index contributed by atoms with van der Waals surface area (Å²) in [4.78, 5) is 10.6. The van der Waals surface area contributed by atoms with Gasteiger partial charge in [-0.25, -0.2) is 0 Å². The van der Waals surface area contributed by atoms with Crippen LogP contribution in [-0.2, 0) is 4.74 Å². The third-order valence-electron chi connectivity index (χ3n) is 4.80. The Balaban J connectivity index is 1.83. The molecule has 1 N–H and O–H groups in total. The highest BCUT2D eigenvalue weighted by Gasteiger charge is 2.58. The first kappa shape index (κ1) is 14.8. The Morgan fingerprint density at radius 2 is 2.24 bits per heavy atom. The van der Waals surface area contributed by atoms with Crippen LogP contribution in [0.15, 0.2) is 22.7 Å². The quantitative estimate of drug-likeness (QED) is 0.658. The van der Waals surface area contributed by atoms with Gasteiger partial charge >= 0.3 is 0 Å². The standard InChI is InChI=1S/C15H19BrN2O3/c1-15(2)13(10-4-3-7-21-14(10)15)17-12-8-9(18(19)20)5-6-11(12)16/h5-6,8,10,13-14,17H,3-4,7H2,1-2H3. The molecule has 0 spiro atoms. The molecule has 1 saturated heterocycles. The highest BCUT2D eigenvalue weighted by Crippen LogP contribution is 2.52. The Labute approximate surface area is 132 Å². The number of nitro groups is 1. The molecule has 1 aromatic rings. The van der Waals surface area contributed by atoms with Crippen LogP contribution in [0.5, 0.6) is 0 Å². The van der Waals surface area contributed by atoms with Crippen LogP contribution in [-0.4, -0.2) is 23.7 Å². The lowest BCUT2D eigenvalue weighted by Gasteiger charge is -2.60. The van der Waals surface area contributed by atoms with Gasteiger partial charge in [0.1, 0.15) is 0 Å². The molecule has 2 aliphatic rings. The predicted molar refractivity (Wildman–Crippen MR) is 84.5 cm³/mol. The Morgan fingerprint density at radius 3 is 2.95 bits per heavy atom. The Kier molecular flexibility index (Phi) is 3.69. The summed E-state index contributed by atoms with van der Waals surface area (Å²) in [7, 11) is 0. The summed E-state index contributed by atoms with van der Waals surface area (Å²) < 4.78 is 6.74. The monoisotopic (exact) mass is 354 g/mol. The van der Waals surface area contributed by atoms with Crippen molar-refractivity contribution in [1.82, 2.24) is 0 Å². The van der Waals surface area contributed by atoms with Gasteiger partial charge in [0.25, 0.3) is 5.69 Å². The molecule has 21 heavy (non-hydrogen) atoms. The highest BCUT2D eigenvalue weighted by molar-refractivity contribution is 9.10. The molecule has 114 valence electrons. The van der Waals surface area contributed by atoms with E-state index in [-0.39, 0.29) is 22.1 Å². The van der Waals surface area contributed by atoms with E-state index in [1.54, 1.807) is 12.1 Å². The van der Waals surface area contributed by atoms with Crippen molar-refractivity contribution in [2.24, 2.45) is 11.3 Å². The highest BCUT2D eigenvalue weighted by atomic mass is 79.9. The van der Waals surface area contributed by atoms with Gasteiger partial charge in [0.05, 0.1) is 16.7 Å². The van der Waals surface area contributed by atoms with Crippen molar-refractivity contribution in [3.8, 4) is 0 Å². The van der Waals surface area contributed by atoms with Crippen molar-refractivity contribution in [1.29, 1.82) is 0 Å². The fraction of sp³-hybridized carbons (Fsp3) is 0.600. The summed E-state index contributed by atoms with van der Waals surface area (Å²) in [6, 6.07) is 5.10. The minimum atomic E-state index is -0.365. The molecule has 1 saturated carbocycles. The van der Waals surface area contributed by atoms with Crippen molar-refractivity contribution in [3.05, 3.63) is 32.8 Å². The van der Waals surface area contributed by atoms with E-state index in [0.717, 1.165) is 29.6 Å². The van der Waals surface area contributed by atoms with E-state index in [9.17, 15) is 10.1 Å². The molecule has 3 unspecified atom stereocenters. The molecule has 2 fully saturated rings. The van der Waals surface area contributed by atoms with Gasteiger partial charge in [0.2, 0.25) is 0 Å². The van der Waals surface area contributed by atoms with Crippen LogP contribution >= 0.6 is 15.9 Å². The van der Waals surface area contributed by atoms with E-state index < -0.39 is 0 Å². The van der Waals surface area contributed by atoms with E-state index in [1.807, 2.05) is 0 Å². The first-order valence-electron chi connectivity index (χ1n) is 7.23. The molecular weight excluding hydrogens is 336 g/mol. The first-order chi connectivity index (χ1) is 9.91. The van der Waals surface area contributed by atoms with Gasteiger partial charge in [-0.3, -0.25) is 10.1 Å². The average molecular weight is 355 g/mol. The topological polar surface area (TPSA) is 64.4 Å². The second kappa shape index (κ2) is 5.25. The maximum Gasteiger partial charge on any atom is 0.271 e. The molecule has 0 aromatic heterocycles. The summed E-state index contributed by atoms with van der Waals surface area (Å²) in [6.45, 7) is 5.24. The SMILES string of the molecule is CC1(C)C(Nc2cc([N+](=O)[O-])ccc2Br)C2CCCOC21. The van der Waals surface area contributed by atoms with E-state index in [4.69, 9.17) is 4.74 Å². The Hall–Kier alpha value is -1.14. The minimum absolute atomic E-state index is 0.0369. The summed E-state index contributed by atoms with van der Waals surface area (Å²) in [6.07, 6.45) is 2.53.